The zero-order valence-electron chi connectivity index (χ0n) is 10.6. The van der Waals surface area contributed by atoms with Crippen LogP contribution in [0.1, 0.15) is 24.0 Å². The van der Waals surface area contributed by atoms with Gasteiger partial charge in [-0.25, -0.2) is 0 Å². The summed E-state index contributed by atoms with van der Waals surface area (Å²) in [5, 5.41) is 0. The summed E-state index contributed by atoms with van der Waals surface area (Å²) in [7, 11) is 0. The van der Waals surface area contributed by atoms with Crippen LogP contribution in [0.3, 0.4) is 0 Å². The number of hydrogen-bond acceptors (Lipinski definition) is 2. The Balaban J connectivity index is 2.06. The molecule has 0 fully saturated rings. The molecule has 0 radical (unpaired) electrons. The lowest BCUT2D eigenvalue weighted by Crippen LogP contribution is -2.16. The van der Waals surface area contributed by atoms with Crippen molar-refractivity contribution in [3.05, 3.63) is 65.7 Å². The Bertz CT molecular complexity index is 515. The molecule has 0 aliphatic heterocycles. The first kappa shape index (κ1) is 12.4. The van der Waals surface area contributed by atoms with Crippen molar-refractivity contribution >= 4 is 5.97 Å². The van der Waals surface area contributed by atoms with Crippen LogP contribution < -0.4 is 4.74 Å². The molecule has 1 unspecified atom stereocenters. The van der Waals surface area contributed by atoms with Gasteiger partial charge in [0.1, 0.15) is 5.75 Å². The number of ether oxygens (including phenoxy) is 1. The van der Waals surface area contributed by atoms with Crippen LogP contribution in [0, 0.1) is 6.92 Å². The minimum absolute atomic E-state index is 0.231. The molecule has 2 aromatic rings. The molecule has 0 bridgehead atoms. The molecule has 92 valence electrons. The van der Waals surface area contributed by atoms with Crippen LogP contribution in [-0.2, 0) is 4.79 Å². The lowest BCUT2D eigenvalue weighted by atomic mass is 10.0. The lowest BCUT2D eigenvalue weighted by Gasteiger charge is -2.11. The molecule has 0 aliphatic rings. The lowest BCUT2D eigenvalue weighted by molar-refractivity contribution is -0.135. The highest BCUT2D eigenvalue weighted by Crippen LogP contribution is 2.19. The second-order valence-corrected chi connectivity index (χ2v) is 4.37. The van der Waals surface area contributed by atoms with Gasteiger partial charge in [-0.3, -0.25) is 4.79 Å². The van der Waals surface area contributed by atoms with Gasteiger partial charge < -0.3 is 4.74 Å². The van der Waals surface area contributed by atoms with E-state index in [-0.39, 0.29) is 11.9 Å². The molecule has 0 N–H and O–H groups in total. The molecule has 0 saturated carbocycles. The van der Waals surface area contributed by atoms with Crippen LogP contribution in [0.15, 0.2) is 54.6 Å². The molecule has 2 nitrogen and oxygen atoms in total. The predicted octanol–water partition coefficient (Wildman–Crippen LogP) is 3.70. The summed E-state index contributed by atoms with van der Waals surface area (Å²) < 4.78 is 5.35. The van der Waals surface area contributed by atoms with E-state index in [1.54, 1.807) is 0 Å². The number of benzene rings is 2. The highest BCUT2D eigenvalue weighted by Gasteiger charge is 2.16. The van der Waals surface area contributed by atoms with Crippen molar-refractivity contribution in [2.24, 2.45) is 0 Å². The number of esters is 1. The first-order valence-corrected chi connectivity index (χ1v) is 6.00. The fourth-order valence-corrected chi connectivity index (χ4v) is 1.69. The molecule has 2 heteroatoms. The molecular formula is C16H16O2. The maximum atomic E-state index is 12.0. The molecule has 0 aliphatic carbocycles. The normalized spacial score (nSPS) is 11.9. The van der Waals surface area contributed by atoms with E-state index < -0.39 is 0 Å². The van der Waals surface area contributed by atoms with Crippen molar-refractivity contribution in [3.8, 4) is 5.75 Å². The first-order valence-electron chi connectivity index (χ1n) is 6.00. The fourth-order valence-electron chi connectivity index (χ4n) is 1.69. The maximum Gasteiger partial charge on any atom is 0.318 e. The molecular weight excluding hydrogens is 224 g/mol. The summed E-state index contributed by atoms with van der Waals surface area (Å²) >= 11 is 0. The van der Waals surface area contributed by atoms with Crippen molar-refractivity contribution in [2.75, 3.05) is 0 Å². The Morgan fingerprint density at radius 1 is 1.00 bits per heavy atom. The molecule has 0 aromatic heterocycles. The number of aryl methyl sites for hydroxylation is 1. The van der Waals surface area contributed by atoms with Gasteiger partial charge in [-0.05, 0) is 31.5 Å². The number of carbonyl (C=O) groups excluding carboxylic acids is 1. The third-order valence-corrected chi connectivity index (χ3v) is 2.89. The topological polar surface area (TPSA) is 26.3 Å². The quantitative estimate of drug-likeness (QED) is 0.604. The number of hydrogen-bond donors (Lipinski definition) is 0. The van der Waals surface area contributed by atoms with Crippen molar-refractivity contribution < 1.29 is 9.53 Å². The molecule has 0 saturated heterocycles. The largest absolute Gasteiger partial charge is 0.426 e. The zero-order valence-corrected chi connectivity index (χ0v) is 10.6. The van der Waals surface area contributed by atoms with E-state index in [1.807, 2.05) is 68.4 Å². The molecule has 0 heterocycles. The first-order chi connectivity index (χ1) is 8.66. The van der Waals surface area contributed by atoms with Crippen molar-refractivity contribution in [3.63, 3.8) is 0 Å². The summed E-state index contributed by atoms with van der Waals surface area (Å²) in [4.78, 5) is 12.0. The van der Waals surface area contributed by atoms with Gasteiger partial charge >= 0.3 is 5.97 Å². The van der Waals surface area contributed by atoms with Gasteiger partial charge in [0, 0.05) is 0 Å². The second kappa shape index (κ2) is 5.50. The minimum atomic E-state index is -0.257. The van der Waals surface area contributed by atoms with Crippen molar-refractivity contribution in [2.45, 2.75) is 19.8 Å². The average molecular weight is 240 g/mol. The Kier molecular flexibility index (Phi) is 3.78. The van der Waals surface area contributed by atoms with Gasteiger partial charge in [-0.15, -0.1) is 0 Å². The molecule has 0 spiro atoms. The van der Waals surface area contributed by atoms with Crippen LogP contribution in [0.25, 0.3) is 0 Å². The van der Waals surface area contributed by atoms with Gasteiger partial charge in [-0.1, -0.05) is 48.0 Å². The fraction of sp³-hybridized carbons (Fsp3) is 0.188. The van der Waals surface area contributed by atoms with Gasteiger partial charge in [0.25, 0.3) is 0 Å². The highest BCUT2D eigenvalue weighted by atomic mass is 16.5. The standard InChI is InChI=1S/C16H16O2/c1-12-8-10-15(11-9-12)18-16(17)13(2)14-6-4-3-5-7-14/h3-11,13H,1-2H3. The van der Waals surface area contributed by atoms with Gasteiger partial charge in [0.15, 0.2) is 0 Å². The van der Waals surface area contributed by atoms with Gasteiger partial charge in [0.2, 0.25) is 0 Å². The molecule has 18 heavy (non-hydrogen) atoms. The smallest absolute Gasteiger partial charge is 0.318 e. The zero-order chi connectivity index (χ0) is 13.0. The minimum Gasteiger partial charge on any atom is -0.426 e. The van der Waals surface area contributed by atoms with Gasteiger partial charge in [-0.2, -0.15) is 0 Å². The van der Waals surface area contributed by atoms with Gasteiger partial charge in [0.05, 0.1) is 5.92 Å². The maximum absolute atomic E-state index is 12.0. The Morgan fingerprint density at radius 3 is 2.22 bits per heavy atom. The Labute approximate surface area is 107 Å². The van der Waals surface area contributed by atoms with Crippen LogP contribution in [0.5, 0.6) is 5.75 Å². The highest BCUT2D eigenvalue weighted by molar-refractivity contribution is 5.79. The Hall–Kier alpha value is -2.09. The van der Waals surface area contributed by atoms with Crippen LogP contribution in [-0.4, -0.2) is 5.97 Å². The van der Waals surface area contributed by atoms with E-state index in [4.69, 9.17) is 4.74 Å². The summed E-state index contributed by atoms with van der Waals surface area (Å²) in [5.41, 5.74) is 2.11. The summed E-state index contributed by atoms with van der Waals surface area (Å²) in [6, 6.07) is 17.1. The summed E-state index contributed by atoms with van der Waals surface area (Å²) in [5.74, 6) is 0.103. The van der Waals surface area contributed by atoms with E-state index in [0.29, 0.717) is 5.75 Å². The molecule has 0 amide bonds. The van der Waals surface area contributed by atoms with E-state index >= 15 is 0 Å². The monoisotopic (exact) mass is 240 g/mol. The predicted molar refractivity (Wildman–Crippen MR) is 71.7 cm³/mol. The molecule has 2 aromatic carbocycles. The second-order valence-electron chi connectivity index (χ2n) is 4.37. The Morgan fingerprint density at radius 2 is 1.61 bits per heavy atom. The average Bonchev–Trinajstić information content (AvgIpc) is 2.41. The van der Waals surface area contributed by atoms with E-state index in [0.717, 1.165) is 11.1 Å². The van der Waals surface area contributed by atoms with Crippen LogP contribution in [0.2, 0.25) is 0 Å². The van der Waals surface area contributed by atoms with Crippen LogP contribution >= 0.6 is 0 Å². The van der Waals surface area contributed by atoms with E-state index in [1.165, 1.54) is 0 Å². The van der Waals surface area contributed by atoms with E-state index in [9.17, 15) is 4.79 Å². The number of carbonyl (C=O) groups is 1. The SMILES string of the molecule is Cc1ccc(OC(=O)C(C)c2ccccc2)cc1. The third-order valence-electron chi connectivity index (χ3n) is 2.89. The number of rotatable bonds is 3. The van der Waals surface area contributed by atoms with Crippen molar-refractivity contribution in [1.29, 1.82) is 0 Å². The van der Waals surface area contributed by atoms with Crippen molar-refractivity contribution in [1.82, 2.24) is 0 Å². The third kappa shape index (κ3) is 2.98. The summed E-state index contributed by atoms with van der Waals surface area (Å²) in [6.45, 7) is 3.85. The van der Waals surface area contributed by atoms with E-state index in [2.05, 4.69) is 0 Å². The summed E-state index contributed by atoms with van der Waals surface area (Å²) in [6.07, 6.45) is 0. The molecule has 1 atom stereocenters. The molecule has 2 rings (SSSR count). The van der Waals surface area contributed by atoms with Crippen LogP contribution in [0.4, 0.5) is 0 Å².